The molecule has 2 amide bonds. The van der Waals surface area contributed by atoms with Crippen LogP contribution in [-0.2, 0) is 9.59 Å². The van der Waals surface area contributed by atoms with Gasteiger partial charge in [0.1, 0.15) is 5.54 Å². The van der Waals surface area contributed by atoms with Gasteiger partial charge in [-0.2, -0.15) is 0 Å². The number of hydrogen-bond donors (Lipinski definition) is 2. The number of hydrogen-bond acceptors (Lipinski definition) is 2. The monoisotopic (exact) mass is 250 g/mol. The van der Waals surface area contributed by atoms with Gasteiger partial charge in [0.15, 0.2) is 0 Å². The lowest BCUT2D eigenvalue weighted by Gasteiger charge is -2.23. The molecule has 0 aromatic rings. The van der Waals surface area contributed by atoms with Crippen molar-refractivity contribution in [1.29, 1.82) is 0 Å². The lowest BCUT2D eigenvalue weighted by Crippen LogP contribution is -2.54. The van der Waals surface area contributed by atoms with Crippen molar-refractivity contribution < 1.29 is 9.59 Å². The summed E-state index contributed by atoms with van der Waals surface area (Å²) in [6, 6.07) is 0. The van der Waals surface area contributed by atoms with Crippen molar-refractivity contribution in [3.8, 4) is 0 Å². The normalized spacial score (nSPS) is 13.5. The van der Waals surface area contributed by atoms with Gasteiger partial charge in [-0.3, -0.25) is 9.59 Å². The zero-order valence-corrected chi connectivity index (χ0v) is 9.64. The Morgan fingerprint density at radius 1 is 1.54 bits per heavy atom. The molecular weight excluding hydrogens is 236 g/mol. The fraction of sp³-hybridized carbons (Fsp3) is 0.750. The molecule has 0 aromatic heterocycles. The van der Waals surface area contributed by atoms with E-state index in [0.29, 0.717) is 6.42 Å². The van der Waals surface area contributed by atoms with Crippen LogP contribution in [0.4, 0.5) is 0 Å². The Labute approximate surface area is 86.4 Å². The number of alkyl halides is 1. The highest BCUT2D eigenvalue weighted by molar-refractivity contribution is 9.10. The van der Waals surface area contributed by atoms with Gasteiger partial charge >= 0.3 is 0 Å². The van der Waals surface area contributed by atoms with Crippen molar-refractivity contribution >= 4 is 27.7 Å². The van der Waals surface area contributed by atoms with E-state index in [2.05, 4.69) is 21.2 Å². The molecule has 0 fully saturated rings. The van der Waals surface area contributed by atoms with Gasteiger partial charge in [-0.05, 0) is 20.3 Å². The molecule has 1 atom stereocenters. The molecule has 3 N–H and O–H groups in total. The third-order valence-corrected chi connectivity index (χ3v) is 2.76. The van der Waals surface area contributed by atoms with Crippen LogP contribution in [0.15, 0.2) is 0 Å². The van der Waals surface area contributed by atoms with Crippen LogP contribution in [0.1, 0.15) is 27.2 Å². The molecule has 0 aromatic carbocycles. The molecule has 0 aliphatic carbocycles. The average Bonchev–Trinajstić information content (AvgIpc) is 2.01. The van der Waals surface area contributed by atoms with Gasteiger partial charge in [0.2, 0.25) is 11.8 Å². The molecule has 0 aliphatic rings. The van der Waals surface area contributed by atoms with Gasteiger partial charge < -0.3 is 11.1 Å². The van der Waals surface area contributed by atoms with Crippen molar-refractivity contribution in [1.82, 2.24) is 5.32 Å². The number of amides is 2. The highest BCUT2D eigenvalue weighted by Gasteiger charge is 2.28. The molecule has 0 rings (SSSR count). The van der Waals surface area contributed by atoms with Crippen LogP contribution >= 0.6 is 15.9 Å². The summed E-state index contributed by atoms with van der Waals surface area (Å²) in [5.41, 5.74) is 4.10. The Morgan fingerprint density at radius 2 is 2.00 bits per heavy atom. The second kappa shape index (κ2) is 4.60. The van der Waals surface area contributed by atoms with Crippen molar-refractivity contribution in [3.05, 3.63) is 0 Å². The van der Waals surface area contributed by atoms with Gasteiger partial charge in [-0.1, -0.05) is 22.9 Å². The SMILES string of the molecule is CCC(Br)C(=O)NC(C)(C)C(N)=O. The summed E-state index contributed by atoms with van der Waals surface area (Å²) in [6.45, 7) is 5.02. The third-order valence-electron chi connectivity index (χ3n) is 1.69. The zero-order valence-electron chi connectivity index (χ0n) is 8.06. The lowest BCUT2D eigenvalue weighted by atomic mass is 10.0. The highest BCUT2D eigenvalue weighted by atomic mass is 79.9. The van der Waals surface area contributed by atoms with Crippen LogP contribution in [0, 0.1) is 0 Å². The summed E-state index contributed by atoms with van der Waals surface area (Å²) in [5, 5.41) is 2.55. The molecule has 0 aliphatic heterocycles. The molecule has 4 nitrogen and oxygen atoms in total. The number of rotatable bonds is 4. The molecule has 0 heterocycles. The average molecular weight is 251 g/mol. The molecule has 0 saturated heterocycles. The maximum absolute atomic E-state index is 11.3. The molecule has 13 heavy (non-hydrogen) atoms. The first-order chi connectivity index (χ1) is 5.81. The number of carbonyl (C=O) groups is 2. The van der Waals surface area contributed by atoms with E-state index in [4.69, 9.17) is 5.73 Å². The Bertz CT molecular complexity index is 216. The fourth-order valence-electron chi connectivity index (χ4n) is 0.633. The van der Waals surface area contributed by atoms with Crippen LogP contribution in [0.3, 0.4) is 0 Å². The van der Waals surface area contributed by atoms with E-state index < -0.39 is 11.4 Å². The van der Waals surface area contributed by atoms with E-state index in [9.17, 15) is 9.59 Å². The number of primary amides is 1. The van der Waals surface area contributed by atoms with Crippen LogP contribution in [0.2, 0.25) is 0 Å². The van der Waals surface area contributed by atoms with Gasteiger partial charge in [-0.15, -0.1) is 0 Å². The summed E-state index contributed by atoms with van der Waals surface area (Å²) >= 11 is 3.18. The molecule has 0 radical (unpaired) electrons. The predicted molar refractivity (Wildman–Crippen MR) is 54.4 cm³/mol. The number of halogens is 1. The van der Waals surface area contributed by atoms with E-state index in [0.717, 1.165) is 0 Å². The maximum atomic E-state index is 11.3. The first-order valence-electron chi connectivity index (χ1n) is 4.07. The van der Waals surface area contributed by atoms with Crippen molar-refractivity contribution in [2.75, 3.05) is 0 Å². The van der Waals surface area contributed by atoms with E-state index in [1.165, 1.54) is 0 Å². The minimum atomic E-state index is -0.988. The second-order valence-corrected chi connectivity index (χ2v) is 4.46. The molecule has 0 bridgehead atoms. The van der Waals surface area contributed by atoms with Gasteiger partial charge in [0, 0.05) is 0 Å². The van der Waals surface area contributed by atoms with Gasteiger partial charge in [0.25, 0.3) is 0 Å². The summed E-state index contributed by atoms with van der Waals surface area (Å²) in [4.78, 5) is 21.9. The molecular formula is C8H15BrN2O2. The predicted octanol–water partition coefficient (Wildman–Crippen LogP) is 0.540. The maximum Gasteiger partial charge on any atom is 0.242 e. The Morgan fingerprint density at radius 3 is 2.31 bits per heavy atom. The topological polar surface area (TPSA) is 72.2 Å². The molecule has 1 unspecified atom stereocenters. The van der Waals surface area contributed by atoms with E-state index in [1.54, 1.807) is 13.8 Å². The fourth-order valence-corrected chi connectivity index (χ4v) is 0.748. The first kappa shape index (κ1) is 12.4. The summed E-state index contributed by atoms with van der Waals surface area (Å²) in [6.07, 6.45) is 0.667. The summed E-state index contributed by atoms with van der Waals surface area (Å²) in [7, 11) is 0. The van der Waals surface area contributed by atoms with E-state index >= 15 is 0 Å². The minimum absolute atomic E-state index is 0.216. The van der Waals surface area contributed by atoms with Gasteiger partial charge in [0.05, 0.1) is 4.83 Å². The Kier molecular flexibility index (Phi) is 4.39. The van der Waals surface area contributed by atoms with Crippen molar-refractivity contribution in [2.45, 2.75) is 37.6 Å². The van der Waals surface area contributed by atoms with E-state index in [1.807, 2.05) is 6.92 Å². The smallest absolute Gasteiger partial charge is 0.242 e. The quantitative estimate of drug-likeness (QED) is 0.716. The van der Waals surface area contributed by atoms with Gasteiger partial charge in [-0.25, -0.2) is 0 Å². The second-order valence-electron chi connectivity index (χ2n) is 3.35. The van der Waals surface area contributed by atoms with Crippen molar-refractivity contribution in [3.63, 3.8) is 0 Å². The number of nitrogens with two attached hydrogens (primary N) is 1. The molecule has 0 saturated carbocycles. The van der Waals surface area contributed by atoms with Crippen molar-refractivity contribution in [2.24, 2.45) is 5.73 Å². The largest absolute Gasteiger partial charge is 0.368 e. The minimum Gasteiger partial charge on any atom is -0.368 e. The first-order valence-corrected chi connectivity index (χ1v) is 4.98. The van der Waals surface area contributed by atoms with E-state index in [-0.39, 0.29) is 10.7 Å². The standard InChI is InChI=1S/C8H15BrN2O2/c1-4-5(9)6(12)11-8(2,3)7(10)13/h5H,4H2,1-3H3,(H2,10,13)(H,11,12). The molecule has 0 spiro atoms. The lowest BCUT2D eigenvalue weighted by molar-refractivity contribution is -0.130. The van der Waals surface area contributed by atoms with Crippen LogP contribution in [0.25, 0.3) is 0 Å². The Hall–Kier alpha value is -0.580. The van der Waals surface area contributed by atoms with Crippen LogP contribution < -0.4 is 11.1 Å². The highest BCUT2D eigenvalue weighted by Crippen LogP contribution is 2.07. The molecule has 76 valence electrons. The summed E-state index contributed by atoms with van der Waals surface area (Å²) < 4.78 is 0. The zero-order chi connectivity index (χ0) is 10.6. The number of carbonyl (C=O) groups excluding carboxylic acids is 2. The Balaban J connectivity index is 4.28. The van der Waals surface area contributed by atoms with Crippen LogP contribution in [-0.4, -0.2) is 22.2 Å². The molecule has 5 heteroatoms. The third kappa shape index (κ3) is 3.76. The summed E-state index contributed by atoms with van der Waals surface area (Å²) in [5.74, 6) is -0.761. The van der Waals surface area contributed by atoms with Crippen LogP contribution in [0.5, 0.6) is 0 Å². The number of nitrogens with one attached hydrogen (secondary N) is 1.